The Balaban J connectivity index is 1.42. The van der Waals surface area contributed by atoms with Gasteiger partial charge in [-0.1, -0.05) is 25.0 Å². The van der Waals surface area contributed by atoms with Crippen LogP contribution < -0.4 is 5.73 Å². The van der Waals surface area contributed by atoms with Crippen LogP contribution >= 0.6 is 0 Å². The zero-order valence-electron chi connectivity index (χ0n) is 15.5. The molecule has 2 heterocycles. The molecule has 3 rings (SSSR count). The third-order valence-electron chi connectivity index (χ3n) is 5.38. The zero-order valence-corrected chi connectivity index (χ0v) is 15.5. The van der Waals surface area contributed by atoms with Crippen LogP contribution in [0.15, 0.2) is 24.3 Å². The summed E-state index contributed by atoms with van der Waals surface area (Å²) in [6.45, 7) is 5.22. The molecule has 0 atom stereocenters. The van der Waals surface area contributed by atoms with Crippen molar-refractivity contribution in [3.63, 3.8) is 0 Å². The van der Waals surface area contributed by atoms with Crippen molar-refractivity contribution in [3.05, 3.63) is 29.8 Å². The van der Waals surface area contributed by atoms with Gasteiger partial charge in [0.2, 0.25) is 11.8 Å². The molecule has 2 aliphatic rings. The summed E-state index contributed by atoms with van der Waals surface area (Å²) in [7, 11) is 0. The van der Waals surface area contributed by atoms with E-state index < -0.39 is 0 Å². The van der Waals surface area contributed by atoms with Gasteiger partial charge in [0.15, 0.2) is 0 Å². The van der Waals surface area contributed by atoms with E-state index in [1.165, 1.54) is 12.8 Å². The van der Waals surface area contributed by atoms with Crippen LogP contribution in [0.4, 0.5) is 5.69 Å². The standard InChI is InChI=1S/C20H30N4O2/c21-18-7-5-17(6-8-18)15-19(25)24-13-11-22(12-14-24)16-20(26)23-9-3-1-2-4-10-23/h5-8H,1-4,9-16,21H2. The molecule has 0 aliphatic carbocycles. The first-order valence-electron chi connectivity index (χ1n) is 9.74. The van der Waals surface area contributed by atoms with Crippen LogP contribution in [0.2, 0.25) is 0 Å². The lowest BCUT2D eigenvalue weighted by atomic mass is 10.1. The van der Waals surface area contributed by atoms with Crippen molar-refractivity contribution in [3.8, 4) is 0 Å². The van der Waals surface area contributed by atoms with E-state index in [-0.39, 0.29) is 11.8 Å². The molecule has 0 aromatic heterocycles. The molecule has 142 valence electrons. The Morgan fingerprint density at radius 2 is 1.35 bits per heavy atom. The molecule has 1 aromatic rings. The number of rotatable bonds is 4. The summed E-state index contributed by atoms with van der Waals surface area (Å²) in [5.74, 6) is 0.391. The molecule has 2 aliphatic heterocycles. The molecular formula is C20H30N4O2. The largest absolute Gasteiger partial charge is 0.399 e. The van der Waals surface area contributed by atoms with Gasteiger partial charge in [-0.15, -0.1) is 0 Å². The molecule has 26 heavy (non-hydrogen) atoms. The topological polar surface area (TPSA) is 69.9 Å². The highest BCUT2D eigenvalue weighted by Gasteiger charge is 2.24. The number of likely N-dealkylation sites (tertiary alicyclic amines) is 1. The third kappa shape index (κ3) is 5.21. The minimum atomic E-state index is 0.147. The van der Waals surface area contributed by atoms with Crippen LogP contribution in [-0.2, 0) is 16.0 Å². The first-order chi connectivity index (χ1) is 12.6. The first kappa shape index (κ1) is 18.7. The van der Waals surface area contributed by atoms with E-state index >= 15 is 0 Å². The zero-order chi connectivity index (χ0) is 18.4. The number of nitrogens with two attached hydrogens (primary N) is 1. The summed E-state index contributed by atoms with van der Waals surface area (Å²) >= 11 is 0. The fourth-order valence-electron chi connectivity index (χ4n) is 3.69. The van der Waals surface area contributed by atoms with Crippen molar-refractivity contribution in [1.82, 2.24) is 14.7 Å². The van der Waals surface area contributed by atoms with Gasteiger partial charge in [0, 0.05) is 45.0 Å². The quantitative estimate of drug-likeness (QED) is 0.825. The molecule has 6 nitrogen and oxygen atoms in total. The van der Waals surface area contributed by atoms with Gasteiger partial charge in [0.1, 0.15) is 0 Å². The van der Waals surface area contributed by atoms with Crippen LogP contribution in [0.5, 0.6) is 0 Å². The molecule has 6 heteroatoms. The monoisotopic (exact) mass is 358 g/mol. The Bertz CT molecular complexity index is 601. The number of carbonyl (C=O) groups is 2. The van der Waals surface area contributed by atoms with Gasteiger partial charge in [-0.05, 0) is 30.5 Å². The van der Waals surface area contributed by atoms with Crippen LogP contribution in [-0.4, -0.2) is 72.3 Å². The summed E-state index contributed by atoms with van der Waals surface area (Å²) in [5, 5.41) is 0. The summed E-state index contributed by atoms with van der Waals surface area (Å²) < 4.78 is 0. The van der Waals surface area contributed by atoms with E-state index in [4.69, 9.17) is 5.73 Å². The van der Waals surface area contributed by atoms with Crippen LogP contribution in [0.1, 0.15) is 31.2 Å². The maximum Gasteiger partial charge on any atom is 0.236 e. The fourth-order valence-corrected chi connectivity index (χ4v) is 3.69. The van der Waals surface area contributed by atoms with E-state index in [9.17, 15) is 9.59 Å². The summed E-state index contributed by atoms with van der Waals surface area (Å²) in [4.78, 5) is 31.1. The second-order valence-corrected chi connectivity index (χ2v) is 7.37. The molecule has 2 saturated heterocycles. The van der Waals surface area contributed by atoms with E-state index in [2.05, 4.69) is 4.90 Å². The summed E-state index contributed by atoms with van der Waals surface area (Å²) in [6.07, 6.45) is 5.13. The second kappa shape index (κ2) is 9.03. The highest BCUT2D eigenvalue weighted by Crippen LogP contribution is 2.12. The Kier molecular flexibility index (Phi) is 6.50. The Morgan fingerprint density at radius 3 is 1.96 bits per heavy atom. The molecule has 0 radical (unpaired) electrons. The average molecular weight is 358 g/mol. The minimum absolute atomic E-state index is 0.147. The first-order valence-corrected chi connectivity index (χ1v) is 9.74. The fraction of sp³-hybridized carbons (Fsp3) is 0.600. The number of benzene rings is 1. The lowest BCUT2D eigenvalue weighted by Gasteiger charge is -2.35. The van der Waals surface area contributed by atoms with Crippen molar-refractivity contribution in [2.24, 2.45) is 0 Å². The second-order valence-electron chi connectivity index (χ2n) is 7.37. The Morgan fingerprint density at radius 1 is 0.769 bits per heavy atom. The van der Waals surface area contributed by atoms with Crippen molar-refractivity contribution in [2.45, 2.75) is 32.1 Å². The van der Waals surface area contributed by atoms with Crippen molar-refractivity contribution >= 4 is 17.5 Å². The van der Waals surface area contributed by atoms with Crippen molar-refractivity contribution < 1.29 is 9.59 Å². The average Bonchev–Trinajstić information content (AvgIpc) is 2.94. The number of carbonyl (C=O) groups excluding carboxylic acids is 2. The van der Waals surface area contributed by atoms with E-state index in [1.54, 1.807) is 0 Å². The molecule has 0 spiro atoms. The number of amides is 2. The number of piperazine rings is 1. The molecule has 1 aromatic carbocycles. The Hall–Kier alpha value is -2.08. The smallest absolute Gasteiger partial charge is 0.236 e. The molecule has 2 N–H and O–H groups in total. The lowest BCUT2D eigenvalue weighted by molar-refractivity contribution is -0.134. The van der Waals surface area contributed by atoms with Gasteiger partial charge < -0.3 is 15.5 Å². The normalized spacial score (nSPS) is 19.2. The van der Waals surface area contributed by atoms with Gasteiger partial charge in [0.25, 0.3) is 0 Å². The number of hydrogen-bond donors (Lipinski definition) is 1. The van der Waals surface area contributed by atoms with Crippen LogP contribution in [0, 0.1) is 0 Å². The summed E-state index contributed by atoms with van der Waals surface area (Å²) in [5.41, 5.74) is 7.39. The van der Waals surface area contributed by atoms with Gasteiger partial charge in [0.05, 0.1) is 13.0 Å². The van der Waals surface area contributed by atoms with Gasteiger partial charge in [-0.3, -0.25) is 14.5 Å². The van der Waals surface area contributed by atoms with E-state index in [0.29, 0.717) is 31.7 Å². The highest BCUT2D eigenvalue weighted by atomic mass is 16.2. The van der Waals surface area contributed by atoms with Crippen molar-refractivity contribution in [1.29, 1.82) is 0 Å². The van der Waals surface area contributed by atoms with E-state index in [1.807, 2.05) is 34.1 Å². The summed E-state index contributed by atoms with van der Waals surface area (Å²) in [6, 6.07) is 7.47. The minimum Gasteiger partial charge on any atom is -0.399 e. The number of hydrogen-bond acceptors (Lipinski definition) is 4. The van der Waals surface area contributed by atoms with Crippen LogP contribution in [0.3, 0.4) is 0 Å². The molecule has 2 fully saturated rings. The van der Waals surface area contributed by atoms with E-state index in [0.717, 1.165) is 44.6 Å². The third-order valence-corrected chi connectivity index (χ3v) is 5.38. The number of nitrogen functional groups attached to an aromatic ring is 1. The molecule has 0 saturated carbocycles. The molecule has 0 bridgehead atoms. The predicted molar refractivity (Wildman–Crippen MR) is 103 cm³/mol. The van der Waals surface area contributed by atoms with Gasteiger partial charge in [-0.2, -0.15) is 0 Å². The Labute approximate surface area is 155 Å². The SMILES string of the molecule is Nc1ccc(CC(=O)N2CCN(CC(=O)N3CCCCCC3)CC2)cc1. The predicted octanol–water partition coefficient (Wildman–Crippen LogP) is 1.36. The van der Waals surface area contributed by atoms with Crippen LogP contribution in [0.25, 0.3) is 0 Å². The maximum atomic E-state index is 12.5. The molecular weight excluding hydrogens is 328 g/mol. The number of nitrogens with zero attached hydrogens (tertiary/aromatic N) is 3. The lowest BCUT2D eigenvalue weighted by Crippen LogP contribution is -2.52. The van der Waals surface area contributed by atoms with Gasteiger partial charge >= 0.3 is 0 Å². The molecule has 0 unspecified atom stereocenters. The maximum absolute atomic E-state index is 12.5. The van der Waals surface area contributed by atoms with Gasteiger partial charge in [-0.25, -0.2) is 0 Å². The molecule has 2 amide bonds. The number of anilines is 1. The highest BCUT2D eigenvalue weighted by molar-refractivity contribution is 5.79. The van der Waals surface area contributed by atoms with Crippen molar-refractivity contribution in [2.75, 3.05) is 51.5 Å².